The summed E-state index contributed by atoms with van der Waals surface area (Å²) in [4.78, 5) is 11.0. The Morgan fingerprint density at radius 2 is 1.86 bits per heavy atom. The molecule has 0 amide bonds. The molecular weight excluding hydrogens is 302 g/mol. The molecule has 0 aliphatic heterocycles. The number of esters is 1. The van der Waals surface area contributed by atoms with Gasteiger partial charge in [0.1, 0.15) is 5.75 Å². The van der Waals surface area contributed by atoms with Crippen molar-refractivity contribution in [1.29, 1.82) is 0 Å². The molecule has 118 valence electrons. The van der Waals surface area contributed by atoms with Gasteiger partial charge in [0.15, 0.2) is 0 Å². The molecule has 2 atom stereocenters. The number of benzene rings is 2. The first-order chi connectivity index (χ1) is 10.1. The lowest BCUT2D eigenvalue weighted by Crippen LogP contribution is -2.28. The number of halogens is 1. The van der Waals surface area contributed by atoms with Crippen LogP contribution in [0.3, 0.4) is 0 Å². The van der Waals surface area contributed by atoms with E-state index < -0.39 is 12.1 Å². The van der Waals surface area contributed by atoms with Crippen LogP contribution in [0.4, 0.5) is 0 Å². The molecule has 0 aromatic heterocycles. The Kier molecular flexibility index (Phi) is 7.05. The van der Waals surface area contributed by atoms with Crippen LogP contribution in [0.15, 0.2) is 54.6 Å². The van der Waals surface area contributed by atoms with E-state index in [4.69, 9.17) is 10.5 Å². The van der Waals surface area contributed by atoms with Crippen molar-refractivity contribution in [3.05, 3.63) is 65.7 Å². The van der Waals surface area contributed by atoms with Gasteiger partial charge in [-0.3, -0.25) is 4.79 Å². The predicted octanol–water partition coefficient (Wildman–Crippen LogP) is 2.64. The van der Waals surface area contributed by atoms with Crippen molar-refractivity contribution >= 4 is 18.4 Å². The Balaban J connectivity index is 0.00000242. The summed E-state index contributed by atoms with van der Waals surface area (Å²) in [6, 6.07) is 16.1. The quantitative estimate of drug-likeness (QED) is 0.656. The van der Waals surface area contributed by atoms with E-state index in [-0.39, 0.29) is 18.4 Å². The average Bonchev–Trinajstić information content (AvgIpc) is 2.47. The molecule has 2 rings (SSSR count). The number of hydrogen-bond acceptors (Lipinski definition) is 4. The Bertz CT molecular complexity index is 604. The predicted molar refractivity (Wildman–Crippen MR) is 88.1 cm³/mol. The fourth-order valence-electron chi connectivity index (χ4n) is 2.16. The molecule has 0 aliphatic rings. The standard InChI is InChI=1S/C17H19NO3.ClH/c1-12(19)21-15-9-5-8-14(11-15)17(18)16(20)10-13-6-3-2-4-7-13;/h2-9,11,16-17,20H,10,18H2,1H3;1H/t16-,17+;/m1./s1. The highest BCUT2D eigenvalue weighted by Crippen LogP contribution is 2.22. The number of nitrogens with two attached hydrogens (primary N) is 1. The highest BCUT2D eigenvalue weighted by Gasteiger charge is 2.18. The van der Waals surface area contributed by atoms with E-state index in [0.717, 1.165) is 11.1 Å². The molecule has 0 fully saturated rings. The smallest absolute Gasteiger partial charge is 0.308 e. The maximum atomic E-state index is 11.0. The zero-order valence-electron chi connectivity index (χ0n) is 12.3. The summed E-state index contributed by atoms with van der Waals surface area (Å²) < 4.78 is 5.03. The second-order valence-electron chi connectivity index (χ2n) is 4.95. The Labute approximate surface area is 136 Å². The van der Waals surface area contributed by atoms with Crippen LogP contribution in [0.2, 0.25) is 0 Å². The first-order valence-electron chi connectivity index (χ1n) is 6.82. The third-order valence-electron chi connectivity index (χ3n) is 3.21. The molecule has 5 heteroatoms. The topological polar surface area (TPSA) is 72.5 Å². The summed E-state index contributed by atoms with van der Waals surface area (Å²) in [5.74, 6) is 0.0490. The maximum Gasteiger partial charge on any atom is 0.308 e. The van der Waals surface area contributed by atoms with Crippen molar-refractivity contribution in [2.24, 2.45) is 5.73 Å². The Morgan fingerprint density at radius 1 is 1.18 bits per heavy atom. The molecule has 3 N–H and O–H groups in total. The van der Waals surface area contributed by atoms with E-state index in [2.05, 4.69) is 0 Å². The molecule has 0 aliphatic carbocycles. The molecule has 0 saturated carbocycles. The van der Waals surface area contributed by atoms with Crippen LogP contribution in [0.5, 0.6) is 5.75 Å². The van der Waals surface area contributed by atoms with E-state index in [1.54, 1.807) is 18.2 Å². The highest BCUT2D eigenvalue weighted by molar-refractivity contribution is 5.85. The van der Waals surface area contributed by atoms with E-state index in [1.165, 1.54) is 6.92 Å². The van der Waals surface area contributed by atoms with Crippen LogP contribution in [0.25, 0.3) is 0 Å². The number of carbonyl (C=O) groups excluding carboxylic acids is 1. The van der Waals surface area contributed by atoms with Crippen molar-refractivity contribution < 1.29 is 14.6 Å². The summed E-state index contributed by atoms with van der Waals surface area (Å²) in [6.45, 7) is 1.34. The number of hydrogen-bond donors (Lipinski definition) is 2. The summed E-state index contributed by atoms with van der Waals surface area (Å²) in [6.07, 6.45) is -0.236. The maximum absolute atomic E-state index is 11.0. The monoisotopic (exact) mass is 321 g/mol. The fraction of sp³-hybridized carbons (Fsp3) is 0.235. The van der Waals surface area contributed by atoms with Crippen LogP contribution in [0, 0.1) is 0 Å². The lowest BCUT2D eigenvalue weighted by atomic mass is 9.97. The van der Waals surface area contributed by atoms with Crippen LogP contribution in [-0.4, -0.2) is 17.2 Å². The second-order valence-corrected chi connectivity index (χ2v) is 4.95. The summed E-state index contributed by atoms with van der Waals surface area (Å²) in [7, 11) is 0. The largest absolute Gasteiger partial charge is 0.427 e. The first kappa shape index (κ1) is 18.2. The van der Waals surface area contributed by atoms with Gasteiger partial charge >= 0.3 is 5.97 Å². The second kappa shape index (κ2) is 8.54. The van der Waals surface area contributed by atoms with Gasteiger partial charge in [0, 0.05) is 13.3 Å². The molecule has 0 bridgehead atoms. The number of aliphatic hydroxyl groups excluding tert-OH is 1. The van der Waals surface area contributed by atoms with Gasteiger partial charge < -0.3 is 15.6 Å². The van der Waals surface area contributed by atoms with Gasteiger partial charge in [-0.25, -0.2) is 0 Å². The van der Waals surface area contributed by atoms with Gasteiger partial charge in [0.05, 0.1) is 12.1 Å². The van der Waals surface area contributed by atoms with Crippen molar-refractivity contribution in [2.75, 3.05) is 0 Å². The van der Waals surface area contributed by atoms with Crippen molar-refractivity contribution in [2.45, 2.75) is 25.5 Å². The molecule has 0 heterocycles. The van der Waals surface area contributed by atoms with Crippen LogP contribution in [0.1, 0.15) is 24.1 Å². The molecule has 0 radical (unpaired) electrons. The number of aliphatic hydroxyl groups is 1. The summed E-state index contributed by atoms with van der Waals surface area (Å²) in [5.41, 5.74) is 7.85. The summed E-state index contributed by atoms with van der Waals surface area (Å²) >= 11 is 0. The van der Waals surface area contributed by atoms with Crippen LogP contribution in [-0.2, 0) is 11.2 Å². The summed E-state index contributed by atoms with van der Waals surface area (Å²) in [5, 5.41) is 10.3. The van der Waals surface area contributed by atoms with E-state index in [1.807, 2.05) is 36.4 Å². The number of ether oxygens (including phenoxy) is 1. The molecular formula is C17H20ClNO3. The minimum absolute atomic E-state index is 0. The third kappa shape index (κ3) is 5.15. The molecule has 2 aromatic carbocycles. The average molecular weight is 322 g/mol. The van der Waals surface area contributed by atoms with E-state index in [0.29, 0.717) is 12.2 Å². The Hall–Kier alpha value is -1.88. The van der Waals surface area contributed by atoms with E-state index >= 15 is 0 Å². The van der Waals surface area contributed by atoms with Gasteiger partial charge in [-0.15, -0.1) is 12.4 Å². The van der Waals surface area contributed by atoms with Crippen molar-refractivity contribution in [3.63, 3.8) is 0 Å². The van der Waals surface area contributed by atoms with Gasteiger partial charge in [-0.1, -0.05) is 42.5 Å². The first-order valence-corrected chi connectivity index (χ1v) is 6.82. The number of rotatable bonds is 5. The zero-order chi connectivity index (χ0) is 15.2. The van der Waals surface area contributed by atoms with Gasteiger partial charge in [0.2, 0.25) is 0 Å². The van der Waals surface area contributed by atoms with Crippen molar-refractivity contribution in [1.82, 2.24) is 0 Å². The van der Waals surface area contributed by atoms with Gasteiger partial charge in [-0.05, 0) is 23.3 Å². The van der Waals surface area contributed by atoms with Gasteiger partial charge in [-0.2, -0.15) is 0 Å². The molecule has 0 spiro atoms. The Morgan fingerprint density at radius 3 is 2.50 bits per heavy atom. The highest BCUT2D eigenvalue weighted by atomic mass is 35.5. The van der Waals surface area contributed by atoms with Crippen molar-refractivity contribution in [3.8, 4) is 5.75 Å². The minimum Gasteiger partial charge on any atom is -0.427 e. The lowest BCUT2D eigenvalue weighted by molar-refractivity contribution is -0.131. The molecule has 2 aromatic rings. The minimum atomic E-state index is -0.708. The van der Waals surface area contributed by atoms with Crippen LogP contribution >= 0.6 is 12.4 Å². The lowest BCUT2D eigenvalue weighted by Gasteiger charge is -2.19. The molecule has 0 unspecified atom stereocenters. The fourth-order valence-corrected chi connectivity index (χ4v) is 2.16. The van der Waals surface area contributed by atoms with E-state index in [9.17, 15) is 9.90 Å². The molecule has 4 nitrogen and oxygen atoms in total. The SMILES string of the molecule is CC(=O)Oc1cccc([C@H](N)[C@H](O)Cc2ccccc2)c1.Cl. The molecule has 0 saturated heterocycles. The van der Waals surface area contributed by atoms with Crippen LogP contribution < -0.4 is 10.5 Å². The number of carbonyl (C=O) groups is 1. The normalized spacial score (nSPS) is 12.9. The third-order valence-corrected chi connectivity index (χ3v) is 3.21. The van der Waals surface area contributed by atoms with Gasteiger partial charge in [0.25, 0.3) is 0 Å². The molecule has 22 heavy (non-hydrogen) atoms. The zero-order valence-corrected chi connectivity index (χ0v) is 13.1.